The van der Waals surface area contributed by atoms with E-state index in [0.29, 0.717) is 17.7 Å². The number of amides is 2. The Kier molecular flexibility index (Phi) is 7.44. The number of hydrogen-bond donors (Lipinski definition) is 0. The molecule has 2 amide bonds. The lowest BCUT2D eigenvalue weighted by atomic mass is 10.0. The molecule has 1 aliphatic rings. The van der Waals surface area contributed by atoms with Crippen LogP contribution in [0.15, 0.2) is 71.1 Å². The van der Waals surface area contributed by atoms with Gasteiger partial charge in [-0.2, -0.15) is 5.10 Å². The molecule has 1 aromatic heterocycles. The molecule has 0 saturated heterocycles. The van der Waals surface area contributed by atoms with E-state index < -0.39 is 29.5 Å². The fraction of sp³-hybridized carbons (Fsp3) is 0.240. The molecule has 0 N–H and O–H groups in total. The summed E-state index contributed by atoms with van der Waals surface area (Å²) in [6.45, 7) is -0.119. The molecule has 2 heterocycles. The molecular formula is C25H23F2N3O3S. The van der Waals surface area contributed by atoms with Crippen LogP contribution in [0.4, 0.5) is 8.78 Å². The van der Waals surface area contributed by atoms with Gasteiger partial charge in [0.05, 0.1) is 28.8 Å². The quantitative estimate of drug-likeness (QED) is 0.474. The summed E-state index contributed by atoms with van der Waals surface area (Å²) in [7, 11) is 1.47. The van der Waals surface area contributed by atoms with Crippen molar-refractivity contribution in [3.63, 3.8) is 0 Å². The van der Waals surface area contributed by atoms with Crippen LogP contribution in [0.3, 0.4) is 0 Å². The molecular weight excluding hydrogens is 460 g/mol. The van der Waals surface area contributed by atoms with E-state index >= 15 is 0 Å². The largest absolute Gasteiger partial charge is 0.383 e. The number of rotatable bonds is 8. The van der Waals surface area contributed by atoms with Crippen molar-refractivity contribution in [2.75, 3.05) is 26.8 Å². The summed E-state index contributed by atoms with van der Waals surface area (Å²) < 4.78 is 34.0. The lowest BCUT2D eigenvalue weighted by Crippen LogP contribution is -2.43. The predicted molar refractivity (Wildman–Crippen MR) is 126 cm³/mol. The highest BCUT2D eigenvalue weighted by atomic mass is 32.1. The second kappa shape index (κ2) is 10.7. The molecule has 0 radical (unpaired) electrons. The van der Waals surface area contributed by atoms with Gasteiger partial charge < -0.3 is 9.64 Å². The van der Waals surface area contributed by atoms with E-state index in [0.717, 1.165) is 4.88 Å². The Morgan fingerprint density at radius 2 is 1.82 bits per heavy atom. The second-order valence-corrected chi connectivity index (χ2v) is 8.65. The van der Waals surface area contributed by atoms with Crippen LogP contribution in [0.1, 0.15) is 33.3 Å². The van der Waals surface area contributed by atoms with Crippen LogP contribution < -0.4 is 0 Å². The summed E-state index contributed by atoms with van der Waals surface area (Å²) >= 11 is 1.48. The predicted octanol–water partition coefficient (Wildman–Crippen LogP) is 4.49. The Balaban J connectivity index is 1.63. The molecule has 0 aliphatic carbocycles. The number of halogens is 2. The van der Waals surface area contributed by atoms with Crippen molar-refractivity contribution in [2.45, 2.75) is 12.5 Å². The third kappa shape index (κ3) is 5.05. The van der Waals surface area contributed by atoms with Crippen molar-refractivity contribution in [1.82, 2.24) is 9.91 Å². The first kappa shape index (κ1) is 23.7. The third-order valence-electron chi connectivity index (χ3n) is 5.52. The zero-order valence-electron chi connectivity index (χ0n) is 18.5. The zero-order chi connectivity index (χ0) is 24.1. The highest BCUT2D eigenvalue weighted by Crippen LogP contribution is 2.35. The second-order valence-electron chi connectivity index (χ2n) is 7.70. The Morgan fingerprint density at radius 3 is 2.50 bits per heavy atom. The van der Waals surface area contributed by atoms with Crippen molar-refractivity contribution in [3.8, 4) is 0 Å². The normalized spacial score (nSPS) is 15.3. The van der Waals surface area contributed by atoms with Crippen LogP contribution in [0, 0.1) is 11.6 Å². The zero-order valence-corrected chi connectivity index (χ0v) is 19.3. The summed E-state index contributed by atoms with van der Waals surface area (Å²) in [5.74, 6) is -2.24. The Hall–Kier alpha value is -3.43. The van der Waals surface area contributed by atoms with Crippen LogP contribution in [0.2, 0.25) is 0 Å². The van der Waals surface area contributed by atoms with E-state index in [2.05, 4.69) is 5.10 Å². The number of thiophene rings is 1. The van der Waals surface area contributed by atoms with Gasteiger partial charge in [-0.15, -0.1) is 11.3 Å². The maximum Gasteiger partial charge on any atom is 0.262 e. The maximum absolute atomic E-state index is 14.7. The average molecular weight is 484 g/mol. The fourth-order valence-corrected chi connectivity index (χ4v) is 4.54. The van der Waals surface area contributed by atoms with Gasteiger partial charge in [0.2, 0.25) is 0 Å². The van der Waals surface area contributed by atoms with Crippen LogP contribution in [0.25, 0.3) is 0 Å². The molecule has 1 aliphatic heterocycles. The van der Waals surface area contributed by atoms with E-state index in [1.165, 1.54) is 52.6 Å². The summed E-state index contributed by atoms with van der Waals surface area (Å²) in [6, 6.07) is 15.0. The lowest BCUT2D eigenvalue weighted by Gasteiger charge is -2.27. The van der Waals surface area contributed by atoms with Gasteiger partial charge in [-0.1, -0.05) is 36.4 Å². The number of benzene rings is 2. The summed E-state index contributed by atoms with van der Waals surface area (Å²) in [4.78, 5) is 28.6. The van der Waals surface area contributed by atoms with Crippen molar-refractivity contribution >= 4 is 28.9 Å². The Labute approximate surface area is 200 Å². The molecule has 2 aromatic carbocycles. The van der Waals surface area contributed by atoms with Gasteiger partial charge >= 0.3 is 0 Å². The molecule has 0 bridgehead atoms. The number of ether oxygens (including phenoxy) is 1. The summed E-state index contributed by atoms with van der Waals surface area (Å²) in [5.41, 5.74) is 0.872. The van der Waals surface area contributed by atoms with Crippen LogP contribution in [-0.2, 0) is 9.53 Å². The van der Waals surface area contributed by atoms with Gasteiger partial charge in [0.25, 0.3) is 11.8 Å². The molecule has 6 nitrogen and oxygen atoms in total. The van der Waals surface area contributed by atoms with Crippen LogP contribution in [0.5, 0.6) is 0 Å². The van der Waals surface area contributed by atoms with Crippen molar-refractivity contribution < 1.29 is 23.1 Å². The third-order valence-corrected chi connectivity index (χ3v) is 6.44. The molecule has 9 heteroatoms. The number of hydrogen-bond acceptors (Lipinski definition) is 5. The van der Waals surface area contributed by atoms with Gasteiger partial charge in [0.15, 0.2) is 0 Å². The average Bonchev–Trinajstić information content (AvgIpc) is 3.52. The lowest BCUT2D eigenvalue weighted by molar-refractivity contribution is -0.133. The molecule has 0 fully saturated rings. The number of carbonyl (C=O) groups excluding carboxylic acids is 2. The standard InChI is InChI=1S/C25H23F2N3O3S/c1-33-13-12-29(25(32)18-8-3-5-10-20(18)27)16-24(31)30-22(17-7-2-4-9-19(17)26)15-21(28-30)23-11-6-14-34-23/h2-11,14,22H,12-13,15-16H2,1H3/t22-/m1/s1. The monoisotopic (exact) mass is 483 g/mol. The molecule has 3 aromatic rings. The number of nitrogens with zero attached hydrogens (tertiary/aromatic N) is 3. The van der Waals surface area contributed by atoms with E-state index in [1.54, 1.807) is 24.3 Å². The Bertz CT molecular complexity index is 1200. The summed E-state index contributed by atoms with van der Waals surface area (Å²) in [5, 5.41) is 7.65. The number of carbonyl (C=O) groups is 2. The van der Waals surface area contributed by atoms with Crippen molar-refractivity contribution in [2.24, 2.45) is 5.10 Å². The van der Waals surface area contributed by atoms with E-state index in [4.69, 9.17) is 4.74 Å². The van der Waals surface area contributed by atoms with Gasteiger partial charge in [-0.3, -0.25) is 9.59 Å². The molecule has 0 unspecified atom stereocenters. The SMILES string of the molecule is COCCN(CC(=O)N1N=C(c2cccs2)C[C@@H]1c1ccccc1F)C(=O)c1ccccc1F. The van der Waals surface area contributed by atoms with Gasteiger partial charge in [-0.05, 0) is 29.6 Å². The first-order valence-electron chi connectivity index (χ1n) is 10.7. The number of methoxy groups -OCH3 is 1. The first-order valence-corrected chi connectivity index (χ1v) is 11.6. The smallest absolute Gasteiger partial charge is 0.262 e. The van der Waals surface area contributed by atoms with Crippen LogP contribution in [-0.4, -0.2) is 54.2 Å². The molecule has 34 heavy (non-hydrogen) atoms. The molecule has 176 valence electrons. The fourth-order valence-electron chi connectivity index (χ4n) is 3.81. The highest BCUT2D eigenvalue weighted by Gasteiger charge is 2.36. The molecule has 4 rings (SSSR count). The van der Waals surface area contributed by atoms with Crippen LogP contribution >= 0.6 is 11.3 Å². The van der Waals surface area contributed by atoms with E-state index in [9.17, 15) is 18.4 Å². The van der Waals surface area contributed by atoms with E-state index in [-0.39, 0.29) is 25.3 Å². The van der Waals surface area contributed by atoms with Crippen molar-refractivity contribution in [3.05, 3.63) is 93.7 Å². The molecule has 0 spiro atoms. The van der Waals surface area contributed by atoms with Crippen molar-refractivity contribution in [1.29, 1.82) is 0 Å². The van der Waals surface area contributed by atoms with Gasteiger partial charge in [0.1, 0.15) is 18.2 Å². The maximum atomic E-state index is 14.7. The topological polar surface area (TPSA) is 62.2 Å². The minimum Gasteiger partial charge on any atom is -0.383 e. The summed E-state index contributed by atoms with van der Waals surface area (Å²) in [6.07, 6.45) is 0.340. The minimum absolute atomic E-state index is 0.0785. The van der Waals surface area contributed by atoms with E-state index in [1.807, 2.05) is 17.5 Å². The minimum atomic E-state index is -0.675. The molecule has 1 atom stereocenters. The Morgan fingerprint density at radius 1 is 1.09 bits per heavy atom. The molecule has 0 saturated carbocycles. The van der Waals surface area contributed by atoms with Gasteiger partial charge in [0, 0.05) is 25.6 Å². The highest BCUT2D eigenvalue weighted by molar-refractivity contribution is 7.12. The first-order chi connectivity index (χ1) is 16.5. The number of hydrazone groups is 1. The van der Waals surface area contributed by atoms with Gasteiger partial charge in [-0.25, -0.2) is 13.8 Å².